The topological polar surface area (TPSA) is 124 Å². The fourth-order valence-electron chi connectivity index (χ4n) is 4.52. The van der Waals surface area contributed by atoms with Gasteiger partial charge in [0.05, 0.1) is 19.5 Å². The third kappa shape index (κ3) is 4.99. The molecule has 200 valence electrons. The lowest BCUT2D eigenvalue weighted by atomic mass is 10.1. The molecule has 0 amide bonds. The Kier molecular flexibility index (Phi) is 7.14. The third-order valence-electron chi connectivity index (χ3n) is 6.42. The fraction of sp³-hybridized carbons (Fsp3) is 0.308. The van der Waals surface area contributed by atoms with Crippen molar-refractivity contribution < 1.29 is 19.3 Å². The molecule has 2 aromatic heterocycles. The number of anilines is 2. The summed E-state index contributed by atoms with van der Waals surface area (Å²) in [5.74, 6) is 1.94. The van der Waals surface area contributed by atoms with E-state index in [1.165, 1.54) is 0 Å². The van der Waals surface area contributed by atoms with Gasteiger partial charge in [-0.2, -0.15) is 0 Å². The second-order valence-electron chi connectivity index (χ2n) is 8.98. The maximum atomic E-state index is 13.7. The van der Waals surface area contributed by atoms with Gasteiger partial charge in [0.15, 0.2) is 5.82 Å². The second-order valence-corrected chi connectivity index (χ2v) is 10.9. The molecule has 0 spiro atoms. The fourth-order valence-corrected chi connectivity index (χ4v) is 5.93. The number of aromatic nitrogens is 5. The second kappa shape index (κ2) is 10.7. The quantitative estimate of drug-likeness (QED) is 0.358. The van der Waals surface area contributed by atoms with Crippen molar-refractivity contribution in [2.75, 3.05) is 36.9 Å². The van der Waals surface area contributed by atoms with Gasteiger partial charge in [0, 0.05) is 32.5 Å². The molecule has 1 aliphatic heterocycles. The first-order chi connectivity index (χ1) is 18.4. The van der Waals surface area contributed by atoms with Crippen molar-refractivity contribution in [1.29, 1.82) is 0 Å². The van der Waals surface area contributed by atoms with Crippen molar-refractivity contribution in [2.45, 2.75) is 25.0 Å². The van der Waals surface area contributed by atoms with Crippen LogP contribution in [0.25, 0.3) is 17.1 Å². The van der Waals surface area contributed by atoms with Gasteiger partial charge in [0.2, 0.25) is 21.9 Å². The lowest BCUT2D eigenvalue weighted by Crippen LogP contribution is -2.45. The Morgan fingerprint density at radius 2 is 1.66 bits per heavy atom. The molecule has 0 saturated carbocycles. The number of benzene rings is 2. The van der Waals surface area contributed by atoms with Crippen LogP contribution < -0.4 is 19.1 Å². The van der Waals surface area contributed by atoms with Gasteiger partial charge < -0.3 is 14.4 Å². The predicted octanol–water partition coefficient (Wildman–Crippen LogP) is 3.71. The number of methoxy groups -OCH3 is 2. The minimum absolute atomic E-state index is 0. The smallest absolute Gasteiger partial charge is 0.243 e. The van der Waals surface area contributed by atoms with E-state index in [4.69, 9.17) is 9.47 Å². The molecule has 0 radical (unpaired) electrons. The Balaban J connectivity index is 0.00000353. The number of hydrogen-bond donors (Lipinski definition) is 1. The van der Waals surface area contributed by atoms with Crippen molar-refractivity contribution in [2.24, 2.45) is 0 Å². The number of para-hydroxylation sites is 1. The highest BCUT2D eigenvalue weighted by Crippen LogP contribution is 2.38. The Hall–Kier alpha value is -4.19. The number of hydrogen-bond acceptors (Lipinski definition) is 9. The highest BCUT2D eigenvalue weighted by atomic mass is 32.2. The highest BCUT2D eigenvalue weighted by molar-refractivity contribution is 7.93. The van der Waals surface area contributed by atoms with E-state index in [1.807, 2.05) is 42.2 Å². The molecule has 0 unspecified atom stereocenters. The zero-order valence-electron chi connectivity index (χ0n) is 21.4. The molecule has 2 aromatic carbocycles. The number of ether oxygens (including phenoxy) is 2. The number of sulfonamides is 1. The monoisotopic (exact) mass is 537 g/mol. The van der Waals surface area contributed by atoms with Crippen LogP contribution in [-0.4, -0.2) is 65.7 Å². The van der Waals surface area contributed by atoms with E-state index in [2.05, 4.69) is 24.9 Å². The minimum atomic E-state index is -3.88. The Bertz CT molecular complexity index is 1490. The van der Waals surface area contributed by atoms with Gasteiger partial charge in [-0.3, -0.25) is 9.29 Å². The van der Waals surface area contributed by atoms with E-state index in [9.17, 15) is 8.42 Å². The molecule has 1 aliphatic rings. The van der Waals surface area contributed by atoms with Crippen LogP contribution in [0.1, 0.15) is 19.8 Å². The normalized spacial score (nSPS) is 15.8. The lowest BCUT2D eigenvalue weighted by Gasteiger charge is -2.32. The summed E-state index contributed by atoms with van der Waals surface area (Å²) in [5.41, 5.74) is 2.17. The van der Waals surface area contributed by atoms with Crippen LogP contribution in [0.4, 0.5) is 11.9 Å². The van der Waals surface area contributed by atoms with E-state index in [0.717, 1.165) is 11.1 Å². The number of rotatable bonds is 8. The van der Waals surface area contributed by atoms with E-state index >= 15 is 0 Å². The standard InChI is InChI=1S/C26H29N7O4S.H2/c1-18-15-27-25(28-16-18)32-14-8-11-20(17-32)38(34,35)31-26-30-29-24(19-9-5-4-6-10-19)33(26)23-21(36-2)12-7-13-22(23)37-3;/h4-7,9-10,12-13,15-16,20H,8,11,14,17H2,1-3H3,(H,30,31);1H/t20-;/m0./s1. The summed E-state index contributed by atoms with van der Waals surface area (Å²) in [6.07, 6.45) is 4.64. The zero-order valence-corrected chi connectivity index (χ0v) is 22.2. The van der Waals surface area contributed by atoms with E-state index in [-0.39, 0.29) is 13.9 Å². The maximum absolute atomic E-state index is 13.7. The molecule has 4 aromatic rings. The third-order valence-corrected chi connectivity index (χ3v) is 8.15. The predicted molar refractivity (Wildman–Crippen MR) is 147 cm³/mol. The molecular weight excluding hydrogens is 506 g/mol. The summed E-state index contributed by atoms with van der Waals surface area (Å²) < 4.78 is 43.0. The summed E-state index contributed by atoms with van der Waals surface area (Å²) >= 11 is 0. The number of nitrogens with zero attached hydrogens (tertiary/aromatic N) is 6. The molecule has 12 heteroatoms. The summed E-state index contributed by atoms with van der Waals surface area (Å²) in [4.78, 5) is 10.7. The largest absolute Gasteiger partial charge is 0.494 e. The van der Waals surface area contributed by atoms with Crippen LogP contribution in [0.15, 0.2) is 60.9 Å². The van der Waals surface area contributed by atoms with Crippen LogP contribution in [0, 0.1) is 6.92 Å². The molecule has 1 atom stereocenters. The van der Waals surface area contributed by atoms with Crippen molar-refractivity contribution in [1.82, 2.24) is 24.7 Å². The molecule has 11 nitrogen and oxygen atoms in total. The first kappa shape index (κ1) is 25.5. The molecule has 0 bridgehead atoms. The average Bonchev–Trinajstić information content (AvgIpc) is 3.35. The van der Waals surface area contributed by atoms with Crippen LogP contribution in [-0.2, 0) is 10.0 Å². The summed E-state index contributed by atoms with van der Waals surface area (Å²) in [7, 11) is -0.796. The van der Waals surface area contributed by atoms with Crippen molar-refractivity contribution in [3.8, 4) is 28.6 Å². The number of piperidine rings is 1. The Labute approximate surface area is 223 Å². The SMILES string of the molecule is COc1cccc(OC)c1-n1c(NS(=O)(=O)[C@H]2CCCN(c3ncc(C)cn3)C2)nnc1-c1ccccc1.[HH]. The minimum Gasteiger partial charge on any atom is -0.494 e. The van der Waals surface area contributed by atoms with Crippen LogP contribution in [0.3, 0.4) is 0 Å². The average molecular weight is 538 g/mol. The van der Waals surface area contributed by atoms with Gasteiger partial charge in [-0.25, -0.2) is 18.4 Å². The molecular formula is C26H31N7O4S. The summed E-state index contributed by atoms with van der Waals surface area (Å²) in [6, 6.07) is 14.7. The van der Waals surface area contributed by atoms with Gasteiger partial charge in [0.1, 0.15) is 17.2 Å². The van der Waals surface area contributed by atoms with Crippen molar-refractivity contribution >= 4 is 21.9 Å². The molecule has 1 fully saturated rings. The lowest BCUT2D eigenvalue weighted by molar-refractivity contribution is 0.391. The van der Waals surface area contributed by atoms with Gasteiger partial charge in [-0.15, -0.1) is 10.2 Å². The van der Waals surface area contributed by atoms with Gasteiger partial charge in [-0.05, 0) is 37.5 Å². The number of aryl methyl sites for hydroxylation is 1. The van der Waals surface area contributed by atoms with Gasteiger partial charge >= 0.3 is 0 Å². The van der Waals surface area contributed by atoms with Crippen molar-refractivity contribution in [3.63, 3.8) is 0 Å². The Morgan fingerprint density at radius 3 is 2.32 bits per heavy atom. The van der Waals surface area contributed by atoms with E-state index in [1.54, 1.807) is 49.4 Å². The number of nitrogens with one attached hydrogen (secondary N) is 1. The first-order valence-electron chi connectivity index (χ1n) is 12.2. The molecule has 3 heterocycles. The molecule has 1 saturated heterocycles. The maximum Gasteiger partial charge on any atom is 0.243 e. The van der Waals surface area contributed by atoms with Crippen LogP contribution >= 0.6 is 0 Å². The van der Waals surface area contributed by atoms with Crippen LogP contribution in [0.5, 0.6) is 11.5 Å². The van der Waals surface area contributed by atoms with E-state index in [0.29, 0.717) is 48.3 Å². The van der Waals surface area contributed by atoms with Gasteiger partial charge in [0.25, 0.3) is 0 Å². The molecule has 0 aliphatic carbocycles. The molecule has 5 rings (SSSR count). The van der Waals surface area contributed by atoms with Crippen LogP contribution in [0.2, 0.25) is 0 Å². The molecule has 1 N–H and O–H groups in total. The first-order valence-corrected chi connectivity index (χ1v) is 13.7. The van der Waals surface area contributed by atoms with E-state index < -0.39 is 15.3 Å². The Morgan fingerprint density at radius 1 is 0.974 bits per heavy atom. The zero-order chi connectivity index (χ0) is 26.7. The molecule has 38 heavy (non-hydrogen) atoms. The summed E-state index contributed by atoms with van der Waals surface area (Å²) in [6.45, 7) is 2.85. The highest BCUT2D eigenvalue weighted by Gasteiger charge is 2.34. The van der Waals surface area contributed by atoms with Gasteiger partial charge in [-0.1, -0.05) is 36.4 Å². The van der Waals surface area contributed by atoms with Crippen molar-refractivity contribution in [3.05, 3.63) is 66.5 Å². The summed E-state index contributed by atoms with van der Waals surface area (Å²) in [5, 5.41) is 7.92.